The first kappa shape index (κ1) is 10.7. The fourth-order valence-electron chi connectivity index (χ4n) is 1.72. The molecule has 0 saturated heterocycles. The molecule has 1 amide bonds. The SMILES string of the molecule is CN(Cc1cn[nH]c1)C(=O)C1(C(=O)O)CC1. The number of carboxylic acid groups (broad SMARTS) is 1. The molecule has 1 aromatic heterocycles. The minimum Gasteiger partial charge on any atom is -0.480 e. The van der Waals surface area contributed by atoms with Gasteiger partial charge in [-0.25, -0.2) is 0 Å². The largest absolute Gasteiger partial charge is 0.480 e. The molecule has 16 heavy (non-hydrogen) atoms. The van der Waals surface area contributed by atoms with Crippen molar-refractivity contribution >= 4 is 11.9 Å². The van der Waals surface area contributed by atoms with Gasteiger partial charge in [0.1, 0.15) is 5.41 Å². The van der Waals surface area contributed by atoms with Crippen molar-refractivity contribution in [1.82, 2.24) is 15.1 Å². The molecular weight excluding hydrogens is 210 g/mol. The predicted octanol–water partition coefficient (Wildman–Crippen LogP) is 0.233. The van der Waals surface area contributed by atoms with Crippen molar-refractivity contribution in [3.63, 3.8) is 0 Å². The van der Waals surface area contributed by atoms with E-state index in [1.807, 2.05) is 0 Å². The number of hydrogen-bond acceptors (Lipinski definition) is 3. The van der Waals surface area contributed by atoms with Crippen molar-refractivity contribution in [2.24, 2.45) is 5.41 Å². The fourth-order valence-corrected chi connectivity index (χ4v) is 1.72. The Labute approximate surface area is 92.3 Å². The van der Waals surface area contributed by atoms with Crippen LogP contribution in [0, 0.1) is 5.41 Å². The third kappa shape index (κ3) is 1.66. The van der Waals surface area contributed by atoms with Crippen LogP contribution in [0.2, 0.25) is 0 Å². The number of aromatic nitrogens is 2. The monoisotopic (exact) mass is 223 g/mol. The van der Waals surface area contributed by atoms with Crippen LogP contribution in [0.4, 0.5) is 0 Å². The number of H-pyrrole nitrogens is 1. The van der Waals surface area contributed by atoms with Gasteiger partial charge in [-0.05, 0) is 12.8 Å². The van der Waals surface area contributed by atoms with E-state index in [1.165, 1.54) is 4.90 Å². The van der Waals surface area contributed by atoms with Gasteiger partial charge in [-0.3, -0.25) is 14.7 Å². The Bertz CT molecular complexity index is 409. The summed E-state index contributed by atoms with van der Waals surface area (Å²) in [7, 11) is 1.61. The zero-order chi connectivity index (χ0) is 11.8. The van der Waals surface area contributed by atoms with Crippen LogP contribution in [0.3, 0.4) is 0 Å². The van der Waals surface area contributed by atoms with Crippen molar-refractivity contribution < 1.29 is 14.7 Å². The van der Waals surface area contributed by atoms with Crippen LogP contribution in [0.25, 0.3) is 0 Å². The molecular formula is C10H13N3O3. The summed E-state index contributed by atoms with van der Waals surface area (Å²) in [5, 5.41) is 15.4. The quantitative estimate of drug-likeness (QED) is 0.715. The highest BCUT2D eigenvalue weighted by Gasteiger charge is 2.58. The Balaban J connectivity index is 2.03. The molecule has 1 aromatic rings. The average molecular weight is 223 g/mol. The highest BCUT2D eigenvalue weighted by atomic mass is 16.4. The van der Waals surface area contributed by atoms with Crippen LogP contribution in [0.5, 0.6) is 0 Å². The zero-order valence-electron chi connectivity index (χ0n) is 8.93. The summed E-state index contributed by atoms with van der Waals surface area (Å²) in [5.41, 5.74) is -0.296. The summed E-state index contributed by atoms with van der Waals surface area (Å²) >= 11 is 0. The number of carboxylic acids is 1. The van der Waals surface area contributed by atoms with E-state index in [1.54, 1.807) is 19.4 Å². The molecule has 0 radical (unpaired) electrons. The maximum atomic E-state index is 11.9. The number of carbonyl (C=O) groups is 2. The number of carbonyl (C=O) groups excluding carboxylic acids is 1. The molecule has 2 rings (SSSR count). The molecule has 0 unspecified atom stereocenters. The normalized spacial score (nSPS) is 16.8. The van der Waals surface area contributed by atoms with Gasteiger partial charge < -0.3 is 10.0 Å². The first-order valence-corrected chi connectivity index (χ1v) is 5.03. The molecule has 1 fully saturated rings. The number of nitrogens with zero attached hydrogens (tertiary/aromatic N) is 2. The second-order valence-electron chi connectivity index (χ2n) is 4.16. The van der Waals surface area contributed by atoms with Crippen molar-refractivity contribution in [1.29, 1.82) is 0 Å². The van der Waals surface area contributed by atoms with Gasteiger partial charge in [-0.2, -0.15) is 5.10 Å². The van der Waals surface area contributed by atoms with Gasteiger partial charge in [-0.1, -0.05) is 0 Å². The molecule has 0 spiro atoms. The fraction of sp³-hybridized carbons (Fsp3) is 0.500. The summed E-state index contributed by atoms with van der Waals surface area (Å²) in [6, 6.07) is 0. The van der Waals surface area contributed by atoms with Gasteiger partial charge in [-0.15, -0.1) is 0 Å². The molecule has 1 aliphatic rings. The molecule has 0 bridgehead atoms. The van der Waals surface area contributed by atoms with Crippen molar-refractivity contribution in [3.8, 4) is 0 Å². The molecule has 0 aromatic carbocycles. The van der Waals surface area contributed by atoms with Gasteiger partial charge in [0.15, 0.2) is 0 Å². The Hall–Kier alpha value is -1.85. The Morgan fingerprint density at radius 2 is 2.31 bits per heavy atom. The molecule has 0 atom stereocenters. The molecule has 6 heteroatoms. The number of amides is 1. The molecule has 0 aliphatic heterocycles. The van der Waals surface area contributed by atoms with Crippen molar-refractivity contribution in [2.45, 2.75) is 19.4 Å². The summed E-state index contributed by atoms with van der Waals surface area (Å²) in [5.74, 6) is -1.34. The number of nitrogens with one attached hydrogen (secondary N) is 1. The van der Waals surface area contributed by atoms with Gasteiger partial charge in [0.25, 0.3) is 0 Å². The lowest BCUT2D eigenvalue weighted by molar-refractivity contribution is -0.153. The third-order valence-electron chi connectivity index (χ3n) is 2.89. The van der Waals surface area contributed by atoms with Crippen molar-refractivity contribution in [2.75, 3.05) is 7.05 Å². The van der Waals surface area contributed by atoms with Crippen LogP contribution < -0.4 is 0 Å². The molecule has 1 heterocycles. The molecule has 2 N–H and O–H groups in total. The van der Waals surface area contributed by atoms with Gasteiger partial charge in [0.2, 0.25) is 5.91 Å². The Morgan fingerprint density at radius 3 is 2.75 bits per heavy atom. The lowest BCUT2D eigenvalue weighted by atomic mass is 10.1. The van der Waals surface area contributed by atoms with E-state index in [0.29, 0.717) is 19.4 Å². The summed E-state index contributed by atoms with van der Waals surface area (Å²) in [6.07, 6.45) is 4.18. The number of hydrogen-bond donors (Lipinski definition) is 2. The van der Waals surface area contributed by atoms with E-state index in [4.69, 9.17) is 5.11 Å². The summed E-state index contributed by atoms with van der Waals surface area (Å²) in [6.45, 7) is 0.379. The molecule has 1 aliphatic carbocycles. The highest BCUT2D eigenvalue weighted by Crippen LogP contribution is 2.47. The summed E-state index contributed by atoms with van der Waals surface area (Å²) in [4.78, 5) is 24.3. The zero-order valence-corrected chi connectivity index (χ0v) is 8.93. The van der Waals surface area contributed by atoms with Crippen LogP contribution in [0.1, 0.15) is 18.4 Å². The lowest BCUT2D eigenvalue weighted by Gasteiger charge is -2.20. The van der Waals surface area contributed by atoms with E-state index in [-0.39, 0.29) is 5.91 Å². The van der Waals surface area contributed by atoms with Crippen molar-refractivity contribution in [3.05, 3.63) is 18.0 Å². The maximum absolute atomic E-state index is 11.9. The standard InChI is InChI=1S/C10H13N3O3/c1-13(6-7-4-11-12-5-7)8(14)10(2-3-10)9(15)16/h4-5H,2-3,6H2,1H3,(H,11,12)(H,15,16). The lowest BCUT2D eigenvalue weighted by Crippen LogP contribution is -2.38. The van der Waals surface area contributed by atoms with Crippen LogP contribution in [-0.4, -0.2) is 39.1 Å². The average Bonchev–Trinajstić information content (AvgIpc) is 2.91. The molecule has 1 saturated carbocycles. The first-order chi connectivity index (χ1) is 7.56. The smallest absolute Gasteiger partial charge is 0.319 e. The first-order valence-electron chi connectivity index (χ1n) is 5.03. The van der Waals surface area contributed by atoms with E-state index >= 15 is 0 Å². The number of aliphatic carboxylic acids is 1. The van der Waals surface area contributed by atoms with E-state index in [0.717, 1.165) is 5.56 Å². The van der Waals surface area contributed by atoms with Gasteiger partial charge in [0, 0.05) is 25.4 Å². The van der Waals surface area contributed by atoms with E-state index < -0.39 is 11.4 Å². The minimum absolute atomic E-state index is 0.318. The van der Waals surface area contributed by atoms with Gasteiger partial charge >= 0.3 is 5.97 Å². The van der Waals surface area contributed by atoms with Gasteiger partial charge in [0.05, 0.1) is 6.20 Å². The molecule has 6 nitrogen and oxygen atoms in total. The van der Waals surface area contributed by atoms with Crippen LogP contribution >= 0.6 is 0 Å². The minimum atomic E-state index is -1.15. The second kappa shape index (κ2) is 3.62. The summed E-state index contributed by atoms with van der Waals surface area (Å²) < 4.78 is 0. The Kier molecular flexibility index (Phi) is 2.41. The Morgan fingerprint density at radius 1 is 1.62 bits per heavy atom. The van der Waals surface area contributed by atoms with E-state index in [2.05, 4.69) is 10.2 Å². The molecule has 86 valence electrons. The maximum Gasteiger partial charge on any atom is 0.319 e. The number of rotatable bonds is 4. The van der Waals surface area contributed by atoms with Crippen LogP contribution in [-0.2, 0) is 16.1 Å². The highest BCUT2D eigenvalue weighted by molar-refractivity contribution is 6.04. The predicted molar refractivity (Wildman–Crippen MR) is 54.4 cm³/mol. The second-order valence-corrected chi connectivity index (χ2v) is 4.16. The topological polar surface area (TPSA) is 86.3 Å². The van der Waals surface area contributed by atoms with Crippen LogP contribution in [0.15, 0.2) is 12.4 Å². The third-order valence-corrected chi connectivity index (χ3v) is 2.89. The number of aromatic amines is 1. The van der Waals surface area contributed by atoms with E-state index in [9.17, 15) is 9.59 Å².